The molecule has 156 valence electrons. The molecule has 0 radical (unpaired) electrons. The van der Waals surface area contributed by atoms with Crippen LogP contribution in [0.15, 0.2) is 48.5 Å². The zero-order valence-electron chi connectivity index (χ0n) is 17.8. The Hall–Kier alpha value is -2.62. The lowest BCUT2D eigenvalue weighted by molar-refractivity contribution is -0.0836. The van der Waals surface area contributed by atoms with Gasteiger partial charge in [-0.15, -0.1) is 0 Å². The zero-order valence-corrected chi connectivity index (χ0v) is 17.8. The first-order valence-corrected chi connectivity index (χ1v) is 10.7. The minimum absolute atomic E-state index is 0.464. The number of benzene rings is 2. The lowest BCUT2D eigenvalue weighted by atomic mass is 10.1. The molecule has 0 aliphatic rings. The van der Waals surface area contributed by atoms with Gasteiger partial charge in [-0.25, -0.2) is 9.59 Å². The van der Waals surface area contributed by atoms with Gasteiger partial charge in [-0.05, 0) is 54.7 Å². The number of ether oxygens (including phenoxy) is 2. The van der Waals surface area contributed by atoms with Crippen LogP contribution in [0.25, 0.3) is 0 Å². The van der Waals surface area contributed by atoms with Crippen LogP contribution in [0.4, 0.5) is 0 Å². The smallest absolute Gasteiger partial charge is 0.341 e. The Labute approximate surface area is 174 Å². The second-order valence-corrected chi connectivity index (χ2v) is 7.28. The Morgan fingerprint density at radius 3 is 1.45 bits per heavy atom. The highest BCUT2D eigenvalue weighted by Crippen LogP contribution is 2.15. The average molecular weight is 397 g/mol. The molecular weight excluding hydrogens is 364 g/mol. The van der Waals surface area contributed by atoms with Gasteiger partial charge in [-0.1, -0.05) is 64.3 Å². The van der Waals surface area contributed by atoms with Crippen molar-refractivity contribution in [2.75, 3.05) is 0 Å². The number of carbonyl (C=O) groups excluding carboxylic acids is 2. The SMILES string of the molecule is CCCCC(OC(=O)c1ccc(CCC)cc1)OC(=O)c1ccc(CCC)cc1. The Balaban J connectivity index is 2.01. The molecule has 0 fully saturated rings. The molecule has 29 heavy (non-hydrogen) atoms. The van der Waals surface area contributed by atoms with Crippen molar-refractivity contribution in [1.82, 2.24) is 0 Å². The first kappa shape index (κ1) is 22.7. The summed E-state index contributed by atoms with van der Waals surface area (Å²) in [5, 5.41) is 0. The van der Waals surface area contributed by atoms with Crippen molar-refractivity contribution in [3.8, 4) is 0 Å². The van der Waals surface area contributed by atoms with Gasteiger partial charge in [0.1, 0.15) is 0 Å². The highest BCUT2D eigenvalue weighted by atomic mass is 16.7. The Bertz CT molecular complexity index is 699. The topological polar surface area (TPSA) is 52.6 Å². The highest BCUT2D eigenvalue weighted by molar-refractivity contribution is 5.91. The molecule has 0 aliphatic heterocycles. The van der Waals surface area contributed by atoms with Crippen LogP contribution in [-0.2, 0) is 22.3 Å². The first-order valence-electron chi connectivity index (χ1n) is 10.7. The minimum Gasteiger partial charge on any atom is -0.422 e. The number of carbonyl (C=O) groups is 2. The van der Waals surface area contributed by atoms with Gasteiger partial charge < -0.3 is 9.47 Å². The number of esters is 2. The lowest BCUT2D eigenvalue weighted by Crippen LogP contribution is -2.25. The fraction of sp³-hybridized carbons (Fsp3) is 0.440. The van der Waals surface area contributed by atoms with Crippen molar-refractivity contribution < 1.29 is 19.1 Å². The molecule has 2 rings (SSSR count). The van der Waals surface area contributed by atoms with Gasteiger partial charge in [0, 0.05) is 6.42 Å². The Kier molecular flexibility index (Phi) is 9.42. The molecule has 0 heterocycles. The molecule has 4 heteroatoms. The zero-order chi connectivity index (χ0) is 21.1. The Morgan fingerprint density at radius 1 is 0.690 bits per heavy atom. The van der Waals surface area contributed by atoms with Gasteiger partial charge in [-0.3, -0.25) is 0 Å². The first-order chi connectivity index (χ1) is 14.1. The molecule has 0 spiro atoms. The van der Waals surface area contributed by atoms with Gasteiger partial charge in [0.25, 0.3) is 0 Å². The van der Waals surface area contributed by atoms with Crippen molar-refractivity contribution in [3.63, 3.8) is 0 Å². The number of hydrogen-bond acceptors (Lipinski definition) is 4. The van der Waals surface area contributed by atoms with E-state index in [0.29, 0.717) is 17.5 Å². The van der Waals surface area contributed by atoms with Gasteiger partial charge in [-0.2, -0.15) is 0 Å². The van der Waals surface area contributed by atoms with Crippen molar-refractivity contribution in [2.45, 2.75) is 72.0 Å². The molecule has 4 nitrogen and oxygen atoms in total. The van der Waals surface area contributed by atoms with E-state index in [1.165, 1.54) is 11.1 Å². The van der Waals surface area contributed by atoms with Crippen LogP contribution >= 0.6 is 0 Å². The highest BCUT2D eigenvalue weighted by Gasteiger charge is 2.21. The average Bonchev–Trinajstić information content (AvgIpc) is 2.73. The molecule has 0 saturated carbocycles. The summed E-state index contributed by atoms with van der Waals surface area (Å²) in [7, 11) is 0. The van der Waals surface area contributed by atoms with Gasteiger partial charge in [0.05, 0.1) is 11.1 Å². The van der Waals surface area contributed by atoms with E-state index < -0.39 is 18.2 Å². The van der Waals surface area contributed by atoms with Crippen molar-refractivity contribution >= 4 is 11.9 Å². The maximum atomic E-state index is 12.5. The van der Waals surface area contributed by atoms with E-state index >= 15 is 0 Å². The number of rotatable bonds is 11. The summed E-state index contributed by atoms with van der Waals surface area (Å²) in [6.07, 6.45) is 5.37. The number of aryl methyl sites for hydroxylation is 2. The van der Waals surface area contributed by atoms with Crippen molar-refractivity contribution in [3.05, 3.63) is 70.8 Å². The van der Waals surface area contributed by atoms with E-state index in [4.69, 9.17) is 9.47 Å². The van der Waals surface area contributed by atoms with E-state index in [0.717, 1.165) is 38.5 Å². The summed E-state index contributed by atoms with van der Waals surface area (Å²) in [5.74, 6) is -0.944. The molecule has 0 aliphatic carbocycles. The third-order valence-electron chi connectivity index (χ3n) is 4.73. The molecular formula is C25H32O4. The molecule has 2 aromatic carbocycles. The largest absolute Gasteiger partial charge is 0.422 e. The third-order valence-corrected chi connectivity index (χ3v) is 4.73. The number of unbranched alkanes of at least 4 members (excludes halogenated alkanes) is 1. The maximum absolute atomic E-state index is 12.5. The van der Waals surface area contributed by atoms with E-state index in [1.807, 2.05) is 31.2 Å². The van der Waals surface area contributed by atoms with Gasteiger partial charge in [0.15, 0.2) is 0 Å². The normalized spacial score (nSPS) is 10.8. The summed E-state index contributed by atoms with van der Waals surface area (Å²) >= 11 is 0. The minimum atomic E-state index is -0.888. The fourth-order valence-electron chi connectivity index (χ4n) is 3.08. The summed E-state index contributed by atoms with van der Waals surface area (Å²) in [4.78, 5) is 25.0. The second kappa shape index (κ2) is 12.1. The molecule has 0 bridgehead atoms. The molecule has 0 aromatic heterocycles. The van der Waals surface area contributed by atoms with E-state index in [1.54, 1.807) is 24.3 Å². The summed E-state index contributed by atoms with van der Waals surface area (Å²) in [6, 6.07) is 14.8. The van der Waals surface area contributed by atoms with E-state index in [-0.39, 0.29) is 0 Å². The van der Waals surface area contributed by atoms with Crippen molar-refractivity contribution in [1.29, 1.82) is 0 Å². The molecule has 0 saturated heterocycles. The monoisotopic (exact) mass is 396 g/mol. The lowest BCUT2D eigenvalue weighted by Gasteiger charge is -2.18. The predicted octanol–water partition coefficient (Wildman–Crippen LogP) is 6.12. The molecule has 0 atom stereocenters. The standard InChI is InChI=1S/C25H32O4/c1-4-7-10-23(28-24(26)21-15-11-19(8-5-2)12-16-21)29-25(27)22-17-13-20(9-6-3)14-18-22/h11-18,23H,4-10H2,1-3H3. The van der Waals surface area contributed by atoms with Crippen LogP contribution in [0.5, 0.6) is 0 Å². The predicted molar refractivity (Wildman–Crippen MR) is 115 cm³/mol. The molecule has 0 amide bonds. The van der Waals surface area contributed by atoms with Crippen LogP contribution in [-0.4, -0.2) is 18.2 Å². The van der Waals surface area contributed by atoms with Crippen LogP contribution in [0.1, 0.15) is 84.7 Å². The summed E-state index contributed by atoms with van der Waals surface area (Å²) in [6.45, 7) is 6.28. The third kappa shape index (κ3) is 7.37. The summed E-state index contributed by atoms with van der Waals surface area (Å²) < 4.78 is 11.0. The van der Waals surface area contributed by atoms with E-state index in [9.17, 15) is 9.59 Å². The maximum Gasteiger partial charge on any atom is 0.341 e. The molecule has 2 aromatic rings. The van der Waals surface area contributed by atoms with Crippen LogP contribution in [0, 0.1) is 0 Å². The molecule has 0 N–H and O–H groups in total. The van der Waals surface area contributed by atoms with Gasteiger partial charge in [0.2, 0.25) is 6.29 Å². The number of hydrogen-bond donors (Lipinski definition) is 0. The quantitative estimate of drug-likeness (QED) is 0.339. The van der Waals surface area contributed by atoms with E-state index in [2.05, 4.69) is 13.8 Å². The van der Waals surface area contributed by atoms with Crippen molar-refractivity contribution in [2.24, 2.45) is 0 Å². The summed E-state index contributed by atoms with van der Waals surface area (Å²) in [5.41, 5.74) is 3.30. The molecule has 0 unspecified atom stereocenters. The van der Waals surface area contributed by atoms with Crippen LogP contribution in [0.2, 0.25) is 0 Å². The fourth-order valence-corrected chi connectivity index (χ4v) is 3.08. The second-order valence-electron chi connectivity index (χ2n) is 7.28. The van der Waals surface area contributed by atoms with Gasteiger partial charge >= 0.3 is 11.9 Å². The Morgan fingerprint density at radius 2 is 1.10 bits per heavy atom. The van der Waals surface area contributed by atoms with Crippen LogP contribution < -0.4 is 0 Å². The van der Waals surface area contributed by atoms with Crippen LogP contribution in [0.3, 0.4) is 0 Å².